The van der Waals surface area contributed by atoms with Gasteiger partial charge in [0.2, 0.25) is 5.91 Å². The predicted molar refractivity (Wildman–Crippen MR) is 116 cm³/mol. The topological polar surface area (TPSA) is 65.4 Å². The molecule has 0 spiro atoms. The molecule has 4 rings (SSSR count). The fourth-order valence-electron chi connectivity index (χ4n) is 3.69. The average Bonchev–Trinajstić information content (AvgIpc) is 3.36. The summed E-state index contributed by atoms with van der Waals surface area (Å²) in [5, 5.41) is 10.3. The van der Waals surface area contributed by atoms with Crippen LogP contribution in [0.3, 0.4) is 0 Å². The highest BCUT2D eigenvalue weighted by Crippen LogP contribution is 2.23. The summed E-state index contributed by atoms with van der Waals surface area (Å²) in [6, 6.07) is 14.5. The molecule has 7 heteroatoms. The van der Waals surface area contributed by atoms with E-state index in [1.807, 2.05) is 12.1 Å². The molecule has 0 radical (unpaired) electrons. The first kappa shape index (κ1) is 20.8. The van der Waals surface area contributed by atoms with Crippen LogP contribution in [0.1, 0.15) is 23.4 Å². The second-order valence-electron chi connectivity index (χ2n) is 7.72. The summed E-state index contributed by atoms with van der Waals surface area (Å²) in [5.41, 5.74) is 2.43. The van der Waals surface area contributed by atoms with Crippen LogP contribution >= 0.6 is 11.6 Å². The molecule has 0 aliphatic carbocycles. The number of aromatic nitrogens is 2. The van der Waals surface area contributed by atoms with Crippen LogP contribution in [0.15, 0.2) is 42.5 Å². The van der Waals surface area contributed by atoms with Gasteiger partial charge in [0.25, 0.3) is 0 Å². The number of benzene rings is 2. The summed E-state index contributed by atoms with van der Waals surface area (Å²) in [6.45, 7) is 2.88. The molecule has 1 fully saturated rings. The molecule has 2 heterocycles. The zero-order valence-electron chi connectivity index (χ0n) is 17.1. The van der Waals surface area contributed by atoms with Crippen molar-refractivity contribution in [3.63, 3.8) is 0 Å². The molecule has 3 aromatic rings. The minimum atomic E-state index is -0.0598. The number of fused-ring (bicyclic) bond motifs is 1. The van der Waals surface area contributed by atoms with Gasteiger partial charge in [-0.2, -0.15) is 5.10 Å². The van der Waals surface area contributed by atoms with E-state index in [0.717, 1.165) is 18.6 Å². The Kier molecular flexibility index (Phi) is 6.67. The van der Waals surface area contributed by atoms with Crippen molar-refractivity contribution in [3.8, 4) is 0 Å². The molecule has 1 aliphatic heterocycles. The van der Waals surface area contributed by atoms with Crippen molar-refractivity contribution in [1.82, 2.24) is 15.1 Å². The van der Waals surface area contributed by atoms with E-state index in [9.17, 15) is 4.79 Å². The van der Waals surface area contributed by atoms with Crippen molar-refractivity contribution in [3.05, 3.63) is 64.4 Å². The van der Waals surface area contributed by atoms with E-state index in [1.165, 1.54) is 10.8 Å². The van der Waals surface area contributed by atoms with Gasteiger partial charge in [0, 0.05) is 26.1 Å². The van der Waals surface area contributed by atoms with Gasteiger partial charge in [-0.25, -0.2) is 0 Å². The second kappa shape index (κ2) is 9.60. The van der Waals surface area contributed by atoms with Gasteiger partial charge in [-0.1, -0.05) is 48.0 Å². The van der Waals surface area contributed by atoms with Crippen LogP contribution < -0.4 is 5.32 Å². The lowest BCUT2D eigenvalue weighted by molar-refractivity contribution is -0.120. The predicted octanol–water partition coefficient (Wildman–Crippen LogP) is 3.64. The van der Waals surface area contributed by atoms with E-state index in [0.29, 0.717) is 48.7 Å². The van der Waals surface area contributed by atoms with Gasteiger partial charge in [0.05, 0.1) is 37.0 Å². The van der Waals surface area contributed by atoms with Crippen LogP contribution in [0.25, 0.3) is 10.8 Å². The maximum Gasteiger partial charge on any atom is 0.226 e. The van der Waals surface area contributed by atoms with E-state index in [2.05, 4.69) is 40.7 Å². The molecule has 1 saturated heterocycles. The fraction of sp³-hybridized carbons (Fsp3) is 0.391. The number of nitrogens with zero attached hydrogens (tertiary/aromatic N) is 2. The van der Waals surface area contributed by atoms with Crippen molar-refractivity contribution in [2.45, 2.75) is 26.1 Å². The summed E-state index contributed by atoms with van der Waals surface area (Å²) in [5.74, 6) is 0.338. The van der Waals surface area contributed by atoms with Crippen LogP contribution in [0, 0.1) is 5.92 Å². The number of aryl methyl sites for hydroxylation is 1. The Morgan fingerprint density at radius 3 is 2.90 bits per heavy atom. The molecule has 1 N–H and O–H groups in total. The lowest BCUT2D eigenvalue weighted by Gasteiger charge is -2.09. The first-order chi connectivity index (χ1) is 14.6. The van der Waals surface area contributed by atoms with Crippen LogP contribution in [-0.2, 0) is 41.0 Å². The summed E-state index contributed by atoms with van der Waals surface area (Å²) in [6.07, 6.45) is 1.19. The maximum atomic E-state index is 12.3. The minimum Gasteiger partial charge on any atom is -0.381 e. The Morgan fingerprint density at radius 2 is 2.10 bits per heavy atom. The van der Waals surface area contributed by atoms with Crippen LogP contribution in [0.4, 0.5) is 0 Å². The lowest BCUT2D eigenvalue weighted by Crippen LogP contribution is -2.31. The fourth-order valence-corrected chi connectivity index (χ4v) is 3.97. The van der Waals surface area contributed by atoms with Crippen molar-refractivity contribution < 1.29 is 14.3 Å². The first-order valence-electron chi connectivity index (χ1n) is 10.2. The van der Waals surface area contributed by atoms with Gasteiger partial charge in [-0.15, -0.1) is 0 Å². The highest BCUT2D eigenvalue weighted by atomic mass is 35.5. The number of halogens is 1. The van der Waals surface area contributed by atoms with Gasteiger partial charge in [-0.3, -0.25) is 9.48 Å². The first-order valence-corrected chi connectivity index (χ1v) is 10.6. The summed E-state index contributed by atoms with van der Waals surface area (Å²) in [7, 11) is 1.80. The van der Waals surface area contributed by atoms with E-state index in [4.69, 9.17) is 21.1 Å². The van der Waals surface area contributed by atoms with Gasteiger partial charge in [0.15, 0.2) is 0 Å². The number of amides is 1. The molecular weight excluding hydrogens is 402 g/mol. The highest BCUT2D eigenvalue weighted by Gasteiger charge is 2.20. The second-order valence-corrected chi connectivity index (χ2v) is 8.09. The normalized spacial score (nSPS) is 16.3. The van der Waals surface area contributed by atoms with Crippen molar-refractivity contribution in [1.29, 1.82) is 0 Å². The molecule has 30 heavy (non-hydrogen) atoms. The third-order valence-corrected chi connectivity index (χ3v) is 5.87. The quantitative estimate of drug-likeness (QED) is 0.596. The largest absolute Gasteiger partial charge is 0.381 e. The SMILES string of the molecule is Cn1nc(COCc2ccc3ccccc3c2)c(Cl)c1CC(=O)NCC1CCOC1. The molecule has 1 amide bonds. The Bertz CT molecular complexity index is 1030. The van der Waals surface area contributed by atoms with E-state index in [-0.39, 0.29) is 12.3 Å². The zero-order chi connectivity index (χ0) is 20.9. The van der Waals surface area contributed by atoms with Crippen LogP contribution in [0.5, 0.6) is 0 Å². The number of ether oxygens (including phenoxy) is 2. The molecule has 1 atom stereocenters. The molecule has 6 nitrogen and oxygen atoms in total. The summed E-state index contributed by atoms with van der Waals surface area (Å²) in [4.78, 5) is 12.3. The standard InChI is InChI=1S/C23H26ClN3O3/c1-27-21(11-22(28)25-12-17-8-9-29-14-17)23(24)20(26-27)15-30-13-16-6-7-18-4-2-3-5-19(18)10-16/h2-7,10,17H,8-9,11-15H2,1H3,(H,25,28). The van der Waals surface area contributed by atoms with Gasteiger partial charge < -0.3 is 14.8 Å². The van der Waals surface area contributed by atoms with E-state index in [1.54, 1.807) is 11.7 Å². The number of nitrogens with one attached hydrogen (secondary N) is 1. The van der Waals surface area contributed by atoms with Gasteiger partial charge in [-0.05, 0) is 28.8 Å². The summed E-state index contributed by atoms with van der Waals surface area (Å²) < 4.78 is 12.9. The van der Waals surface area contributed by atoms with E-state index >= 15 is 0 Å². The minimum absolute atomic E-state index is 0.0598. The highest BCUT2D eigenvalue weighted by molar-refractivity contribution is 6.32. The third-order valence-electron chi connectivity index (χ3n) is 5.43. The molecule has 2 aromatic carbocycles. The lowest BCUT2D eigenvalue weighted by atomic mass is 10.1. The molecule has 0 bridgehead atoms. The molecule has 1 aromatic heterocycles. The summed E-state index contributed by atoms with van der Waals surface area (Å²) >= 11 is 6.50. The molecule has 1 unspecified atom stereocenters. The monoisotopic (exact) mass is 427 g/mol. The number of rotatable bonds is 8. The number of carbonyl (C=O) groups is 1. The molecule has 1 aliphatic rings. The van der Waals surface area contributed by atoms with Gasteiger partial charge >= 0.3 is 0 Å². The van der Waals surface area contributed by atoms with Crippen molar-refractivity contribution in [2.24, 2.45) is 13.0 Å². The molecular formula is C23H26ClN3O3. The number of hydrogen-bond acceptors (Lipinski definition) is 4. The van der Waals surface area contributed by atoms with Gasteiger partial charge in [0.1, 0.15) is 5.69 Å². The van der Waals surface area contributed by atoms with Crippen LogP contribution in [-0.4, -0.2) is 35.4 Å². The Morgan fingerprint density at radius 1 is 1.27 bits per heavy atom. The Balaban J connectivity index is 1.31. The average molecular weight is 428 g/mol. The Hall–Kier alpha value is -2.41. The maximum absolute atomic E-state index is 12.3. The smallest absolute Gasteiger partial charge is 0.226 e. The Labute approximate surface area is 181 Å². The van der Waals surface area contributed by atoms with Crippen LogP contribution in [0.2, 0.25) is 5.02 Å². The van der Waals surface area contributed by atoms with Crippen molar-refractivity contribution in [2.75, 3.05) is 19.8 Å². The van der Waals surface area contributed by atoms with Crippen molar-refractivity contribution >= 4 is 28.3 Å². The third kappa shape index (κ3) is 5.01. The zero-order valence-corrected chi connectivity index (χ0v) is 17.8. The molecule has 158 valence electrons. The molecule has 0 saturated carbocycles. The number of hydrogen-bond donors (Lipinski definition) is 1. The number of carbonyl (C=O) groups excluding carboxylic acids is 1. The van der Waals surface area contributed by atoms with E-state index < -0.39 is 0 Å².